The summed E-state index contributed by atoms with van der Waals surface area (Å²) in [6.45, 7) is 6.40. The maximum atomic E-state index is 12.7. The van der Waals surface area contributed by atoms with Gasteiger partial charge in [0.2, 0.25) is 11.8 Å². The van der Waals surface area contributed by atoms with Crippen LogP contribution in [0.25, 0.3) is 0 Å². The fourth-order valence-corrected chi connectivity index (χ4v) is 7.02. The van der Waals surface area contributed by atoms with Crippen LogP contribution in [0.2, 0.25) is 0 Å². The molecule has 0 radical (unpaired) electrons. The van der Waals surface area contributed by atoms with E-state index in [4.69, 9.17) is 13.8 Å². The Labute approximate surface area is 325 Å². The fraction of sp³-hybridized carbons (Fsp3) is 0.905. The van der Waals surface area contributed by atoms with Crippen LogP contribution in [-0.2, 0) is 27.9 Å². The zero-order chi connectivity index (χ0) is 39.1. The van der Waals surface area contributed by atoms with E-state index in [1.54, 1.807) is 6.08 Å². The molecule has 0 aliphatic carbocycles. The van der Waals surface area contributed by atoms with Crippen molar-refractivity contribution in [3.8, 4) is 0 Å². The lowest BCUT2D eigenvalue weighted by Crippen LogP contribution is -2.42. The lowest BCUT2D eigenvalue weighted by atomic mass is 10.0. The first kappa shape index (κ1) is 51.7. The van der Waals surface area contributed by atoms with Gasteiger partial charge in [-0.2, -0.15) is 0 Å². The maximum absolute atomic E-state index is 12.7. The summed E-state index contributed by atoms with van der Waals surface area (Å²) >= 11 is 0. The number of hydrogen-bond acceptors (Lipinski definition) is 7. The topological polar surface area (TPSA) is 143 Å². The number of carbonyl (C=O) groups is 2. The standard InChI is InChI=1S/C42H83N2O8P/c1-4-6-8-10-12-14-15-16-17-18-19-20-22-26-30-34-42(47)50-37-40(44-41(46)33-29-25-21-13-11-9-7-5-2)38-52-53(48,49)51-36-32-28-24-23-27-31-35-43-39(3)45/h30,34,40,42,47H,4-29,31-33,35-38H2,1-3H3,(H,43,45)(H,44,46)(H,48,49)/b34-30+/t40-,42?/m1/s1. The van der Waals surface area contributed by atoms with E-state index in [-0.39, 0.29) is 31.6 Å². The third kappa shape index (κ3) is 40.2. The molecule has 0 saturated heterocycles. The molecule has 0 rings (SSSR count). The number of nitrogens with one attached hydrogen (secondary N) is 2. The largest absolute Gasteiger partial charge is 0.472 e. The van der Waals surface area contributed by atoms with Gasteiger partial charge in [0.1, 0.15) is 0 Å². The van der Waals surface area contributed by atoms with Crippen molar-refractivity contribution in [1.29, 1.82) is 0 Å². The molecule has 0 aliphatic heterocycles. The summed E-state index contributed by atoms with van der Waals surface area (Å²) in [4.78, 5) is 33.9. The molecule has 4 N–H and O–H groups in total. The van der Waals surface area contributed by atoms with Crippen LogP contribution in [0.1, 0.15) is 207 Å². The minimum absolute atomic E-state index is 0.0156. The number of ether oxygens (including phenoxy) is 1. The van der Waals surface area contributed by atoms with Crippen LogP contribution in [0.3, 0.4) is 0 Å². The normalized spacial score (nSPS) is 14.0. The molecule has 0 fully saturated rings. The van der Waals surface area contributed by atoms with Crippen LogP contribution in [0.15, 0.2) is 12.2 Å². The summed E-state index contributed by atoms with van der Waals surface area (Å²) in [6, 6.07) is -0.720. The van der Waals surface area contributed by atoms with Gasteiger partial charge in [-0.15, -0.1) is 0 Å². The molecule has 0 aromatic rings. The minimum Gasteiger partial charge on any atom is -0.365 e. The zero-order valence-corrected chi connectivity index (χ0v) is 35.3. The van der Waals surface area contributed by atoms with E-state index >= 15 is 0 Å². The summed E-state index contributed by atoms with van der Waals surface area (Å²) in [7, 11) is -4.33. The third-order valence-electron chi connectivity index (χ3n) is 9.50. The van der Waals surface area contributed by atoms with E-state index in [0.717, 1.165) is 64.2 Å². The van der Waals surface area contributed by atoms with Gasteiger partial charge in [0.15, 0.2) is 6.29 Å². The van der Waals surface area contributed by atoms with E-state index in [1.165, 1.54) is 116 Å². The summed E-state index contributed by atoms with van der Waals surface area (Å²) in [6.07, 6.45) is 35.1. The van der Waals surface area contributed by atoms with Gasteiger partial charge >= 0.3 is 7.82 Å². The number of allylic oxidation sites excluding steroid dienone is 1. The predicted molar refractivity (Wildman–Crippen MR) is 219 cm³/mol. The second-order valence-electron chi connectivity index (χ2n) is 14.9. The van der Waals surface area contributed by atoms with E-state index in [2.05, 4.69) is 24.5 Å². The Balaban J connectivity index is 4.45. The van der Waals surface area contributed by atoms with Crippen LogP contribution < -0.4 is 10.6 Å². The highest BCUT2D eigenvalue weighted by Crippen LogP contribution is 2.43. The first-order valence-corrected chi connectivity index (χ1v) is 23.3. The first-order chi connectivity index (χ1) is 25.7. The monoisotopic (exact) mass is 775 g/mol. The van der Waals surface area contributed by atoms with Crippen molar-refractivity contribution in [2.45, 2.75) is 219 Å². The van der Waals surface area contributed by atoms with Crippen molar-refractivity contribution in [1.82, 2.24) is 10.6 Å². The quantitative estimate of drug-likeness (QED) is 0.0208. The lowest BCUT2D eigenvalue weighted by Gasteiger charge is -2.21. The molecule has 53 heavy (non-hydrogen) atoms. The molecule has 0 aliphatic rings. The van der Waals surface area contributed by atoms with Gasteiger partial charge in [-0.3, -0.25) is 18.6 Å². The molecule has 0 aromatic carbocycles. The molecule has 2 unspecified atom stereocenters. The van der Waals surface area contributed by atoms with E-state index in [1.807, 2.05) is 6.08 Å². The van der Waals surface area contributed by atoms with Gasteiger partial charge in [-0.05, 0) is 38.2 Å². The average Bonchev–Trinajstić information content (AvgIpc) is 3.12. The van der Waals surface area contributed by atoms with Crippen molar-refractivity contribution in [2.75, 3.05) is 26.4 Å². The van der Waals surface area contributed by atoms with Gasteiger partial charge in [-0.1, -0.05) is 168 Å². The average molecular weight is 775 g/mol. The number of amides is 2. The van der Waals surface area contributed by atoms with Crippen molar-refractivity contribution in [3.05, 3.63) is 12.2 Å². The van der Waals surface area contributed by atoms with Crippen LogP contribution in [0.5, 0.6) is 0 Å². The maximum Gasteiger partial charge on any atom is 0.472 e. The van der Waals surface area contributed by atoms with Crippen LogP contribution >= 0.6 is 7.82 Å². The molecular weight excluding hydrogens is 691 g/mol. The van der Waals surface area contributed by atoms with Gasteiger partial charge in [0, 0.05) is 19.9 Å². The lowest BCUT2D eigenvalue weighted by molar-refractivity contribution is -0.124. The highest BCUT2D eigenvalue weighted by Gasteiger charge is 2.24. The van der Waals surface area contributed by atoms with Gasteiger partial charge in [-0.25, -0.2) is 4.57 Å². The van der Waals surface area contributed by atoms with Gasteiger partial charge < -0.3 is 25.4 Å². The number of hydrogen-bond donors (Lipinski definition) is 4. The molecule has 0 spiro atoms. The second kappa shape index (κ2) is 39.0. The highest BCUT2D eigenvalue weighted by atomic mass is 31.2. The number of carbonyl (C=O) groups excluding carboxylic acids is 2. The van der Waals surface area contributed by atoms with E-state index in [0.29, 0.717) is 19.4 Å². The summed E-state index contributed by atoms with van der Waals surface area (Å²) in [5, 5.41) is 16.1. The zero-order valence-electron chi connectivity index (χ0n) is 34.4. The van der Waals surface area contributed by atoms with Crippen molar-refractivity contribution >= 4 is 19.6 Å². The summed E-state index contributed by atoms with van der Waals surface area (Å²) in [5.74, 6) is -0.190. The Morgan fingerprint density at radius 3 is 1.64 bits per heavy atom. The van der Waals surface area contributed by atoms with Crippen LogP contribution in [0, 0.1) is 0 Å². The molecule has 0 bridgehead atoms. The fourth-order valence-electron chi connectivity index (χ4n) is 6.21. The van der Waals surface area contributed by atoms with E-state index in [9.17, 15) is 24.2 Å². The minimum atomic E-state index is -4.33. The van der Waals surface area contributed by atoms with Gasteiger partial charge in [0.25, 0.3) is 0 Å². The number of aliphatic hydroxyl groups is 1. The molecule has 0 saturated carbocycles. The van der Waals surface area contributed by atoms with E-state index < -0.39 is 20.2 Å². The number of rotatable bonds is 41. The number of unbranched alkanes of at least 4 members (excludes halogenated alkanes) is 25. The Hall–Kier alpha value is -1.29. The number of phosphoric acid groups is 1. The smallest absolute Gasteiger partial charge is 0.365 e. The predicted octanol–water partition coefficient (Wildman–Crippen LogP) is 11.0. The van der Waals surface area contributed by atoms with Crippen LogP contribution in [0.4, 0.5) is 0 Å². The summed E-state index contributed by atoms with van der Waals surface area (Å²) < 4.78 is 28.6. The number of aliphatic hydroxyl groups excluding tert-OH is 1. The molecule has 11 heteroatoms. The Morgan fingerprint density at radius 1 is 0.642 bits per heavy atom. The van der Waals surface area contributed by atoms with Crippen LogP contribution in [-0.4, -0.2) is 60.5 Å². The van der Waals surface area contributed by atoms with Crippen molar-refractivity contribution < 1.29 is 37.9 Å². The molecule has 0 aromatic heterocycles. The summed E-state index contributed by atoms with van der Waals surface area (Å²) in [5.41, 5.74) is 0. The molecule has 2 amide bonds. The Kier molecular flexibility index (Phi) is 38.0. The molecule has 0 heterocycles. The molecular formula is C42H83N2O8P. The third-order valence-corrected chi connectivity index (χ3v) is 10.5. The highest BCUT2D eigenvalue weighted by molar-refractivity contribution is 7.47. The Morgan fingerprint density at radius 2 is 1.11 bits per heavy atom. The SMILES string of the molecule is CCCCCCCCCCCCCCC/C=C/C(O)OC[C@H](COP(=O)(O)OCCCCCCCCNC(C)=O)NC(=O)CCCCCCCCCC. The first-order valence-electron chi connectivity index (χ1n) is 21.8. The molecule has 314 valence electrons. The Bertz CT molecular complexity index is 906. The molecule has 10 nitrogen and oxygen atoms in total. The van der Waals surface area contributed by atoms with Crippen molar-refractivity contribution in [2.24, 2.45) is 0 Å². The molecule has 3 atom stereocenters. The van der Waals surface area contributed by atoms with Crippen molar-refractivity contribution in [3.63, 3.8) is 0 Å². The number of phosphoric ester groups is 1. The van der Waals surface area contributed by atoms with Gasteiger partial charge in [0.05, 0.1) is 25.9 Å². The second-order valence-corrected chi connectivity index (χ2v) is 16.3.